The third-order valence-corrected chi connectivity index (χ3v) is 2.80. The van der Waals surface area contributed by atoms with Gasteiger partial charge in [0.25, 0.3) is 0 Å². The molecule has 0 heterocycles. The molecule has 1 aromatic rings. The maximum atomic E-state index is 11.6. The molecule has 0 aliphatic carbocycles. The summed E-state index contributed by atoms with van der Waals surface area (Å²) >= 11 is 3.19. The van der Waals surface area contributed by atoms with E-state index in [-0.39, 0.29) is 24.2 Å². The summed E-state index contributed by atoms with van der Waals surface area (Å²) < 4.78 is 5.05. The smallest absolute Gasteiger partial charge is 0.337 e. The van der Waals surface area contributed by atoms with Gasteiger partial charge in [-0.25, -0.2) is 9.59 Å². The second-order valence-electron chi connectivity index (χ2n) is 3.70. The number of hydrogen-bond acceptors (Lipinski definition) is 4. The number of ether oxygens (including phenoxy) is 1. The Morgan fingerprint density at radius 2 is 2.05 bits per heavy atom. The van der Waals surface area contributed by atoms with E-state index < -0.39 is 18.0 Å². The van der Waals surface area contributed by atoms with Crippen molar-refractivity contribution < 1.29 is 24.2 Å². The van der Waals surface area contributed by atoms with Crippen LogP contribution < -0.4 is 10.6 Å². The van der Waals surface area contributed by atoms with Gasteiger partial charge in [0.15, 0.2) is 0 Å². The van der Waals surface area contributed by atoms with Gasteiger partial charge in [0, 0.05) is 11.0 Å². The maximum Gasteiger partial charge on any atom is 0.337 e. The third-order valence-electron chi connectivity index (χ3n) is 2.30. The first-order chi connectivity index (χ1) is 9.43. The molecule has 3 N–H and O–H groups in total. The van der Waals surface area contributed by atoms with Crippen LogP contribution in [0.4, 0.5) is 10.5 Å². The molecule has 0 bridgehead atoms. The van der Waals surface area contributed by atoms with Gasteiger partial charge in [-0.1, -0.05) is 15.9 Å². The standard InChI is InChI=1S/C12H13BrN2O5/c1-20-10(16)4-5-14-12(19)15-9-6-7(13)2-3-8(9)11(17)18/h2-3,6H,4-5H2,1H3,(H,17,18)(H2,14,15,19). The number of esters is 1. The predicted octanol–water partition coefficient (Wildman–Crippen LogP) is 1.83. The van der Waals surface area contributed by atoms with Gasteiger partial charge in [0.1, 0.15) is 0 Å². The van der Waals surface area contributed by atoms with Gasteiger partial charge in [-0.05, 0) is 18.2 Å². The molecule has 0 atom stereocenters. The summed E-state index contributed by atoms with van der Waals surface area (Å²) in [6.45, 7) is 0.0922. The van der Waals surface area contributed by atoms with E-state index in [1.54, 1.807) is 6.07 Å². The number of hydrogen-bond donors (Lipinski definition) is 3. The minimum Gasteiger partial charge on any atom is -0.478 e. The fourth-order valence-corrected chi connectivity index (χ4v) is 1.71. The zero-order valence-electron chi connectivity index (χ0n) is 10.6. The molecule has 0 radical (unpaired) electrons. The van der Waals surface area contributed by atoms with Crippen LogP contribution in [-0.4, -0.2) is 36.7 Å². The van der Waals surface area contributed by atoms with Crippen LogP contribution in [0.1, 0.15) is 16.8 Å². The van der Waals surface area contributed by atoms with E-state index in [0.717, 1.165) is 0 Å². The van der Waals surface area contributed by atoms with Crippen LogP contribution in [0.2, 0.25) is 0 Å². The molecule has 0 aliphatic rings. The van der Waals surface area contributed by atoms with Crippen molar-refractivity contribution in [1.82, 2.24) is 5.32 Å². The molecule has 0 saturated carbocycles. The number of benzene rings is 1. The summed E-state index contributed by atoms with van der Waals surface area (Å²) in [5.74, 6) is -1.60. The van der Waals surface area contributed by atoms with Gasteiger partial charge in [-0.2, -0.15) is 0 Å². The highest BCUT2D eigenvalue weighted by atomic mass is 79.9. The Morgan fingerprint density at radius 1 is 1.35 bits per heavy atom. The van der Waals surface area contributed by atoms with E-state index in [1.807, 2.05) is 0 Å². The van der Waals surface area contributed by atoms with E-state index in [9.17, 15) is 14.4 Å². The first-order valence-electron chi connectivity index (χ1n) is 5.58. The molecular weight excluding hydrogens is 332 g/mol. The van der Waals surface area contributed by atoms with Crippen molar-refractivity contribution in [2.45, 2.75) is 6.42 Å². The van der Waals surface area contributed by atoms with Crippen LogP contribution in [-0.2, 0) is 9.53 Å². The van der Waals surface area contributed by atoms with Crippen LogP contribution in [0.15, 0.2) is 22.7 Å². The van der Waals surface area contributed by atoms with Crippen molar-refractivity contribution in [3.8, 4) is 0 Å². The predicted molar refractivity (Wildman–Crippen MR) is 74.8 cm³/mol. The summed E-state index contributed by atoms with van der Waals surface area (Å²) in [5, 5.41) is 13.8. The molecule has 0 aliphatic heterocycles. The molecule has 1 aromatic carbocycles. The first-order valence-corrected chi connectivity index (χ1v) is 6.38. The third kappa shape index (κ3) is 4.88. The largest absolute Gasteiger partial charge is 0.478 e. The number of carboxylic acid groups (broad SMARTS) is 1. The number of urea groups is 1. The second kappa shape index (κ2) is 7.49. The van der Waals surface area contributed by atoms with Crippen LogP contribution in [0.25, 0.3) is 0 Å². The number of carbonyl (C=O) groups is 3. The lowest BCUT2D eigenvalue weighted by atomic mass is 10.2. The first kappa shape index (κ1) is 16.0. The molecular formula is C12H13BrN2O5. The van der Waals surface area contributed by atoms with E-state index in [1.165, 1.54) is 19.2 Å². The van der Waals surface area contributed by atoms with Gasteiger partial charge in [0.2, 0.25) is 0 Å². The number of methoxy groups -OCH3 is 1. The average Bonchev–Trinajstić information content (AvgIpc) is 2.38. The van der Waals surface area contributed by atoms with Crippen LogP contribution in [0, 0.1) is 0 Å². The van der Waals surface area contributed by atoms with Crippen molar-refractivity contribution in [1.29, 1.82) is 0 Å². The van der Waals surface area contributed by atoms with Crippen molar-refractivity contribution in [2.75, 3.05) is 19.0 Å². The second-order valence-corrected chi connectivity index (χ2v) is 4.62. The molecule has 7 nitrogen and oxygen atoms in total. The van der Waals surface area contributed by atoms with E-state index in [4.69, 9.17) is 5.11 Å². The summed E-state index contributed by atoms with van der Waals surface area (Å²) in [4.78, 5) is 33.5. The highest BCUT2D eigenvalue weighted by Gasteiger charge is 2.13. The Bertz CT molecular complexity index is 533. The van der Waals surface area contributed by atoms with Gasteiger partial charge < -0.3 is 20.5 Å². The molecule has 2 amide bonds. The number of anilines is 1. The Kier molecular flexibility index (Phi) is 5.98. The number of carbonyl (C=O) groups excluding carboxylic acids is 2. The zero-order chi connectivity index (χ0) is 15.1. The zero-order valence-corrected chi connectivity index (χ0v) is 12.2. The number of halogens is 1. The van der Waals surface area contributed by atoms with Gasteiger partial charge in [-0.15, -0.1) is 0 Å². The lowest BCUT2D eigenvalue weighted by Gasteiger charge is -2.10. The molecule has 0 spiro atoms. The van der Waals surface area contributed by atoms with Crippen molar-refractivity contribution in [2.24, 2.45) is 0 Å². The average molecular weight is 345 g/mol. The summed E-state index contributed by atoms with van der Waals surface area (Å²) in [5.41, 5.74) is 0.124. The van der Waals surface area contributed by atoms with E-state index >= 15 is 0 Å². The monoisotopic (exact) mass is 344 g/mol. The summed E-state index contributed by atoms with van der Waals surface area (Å²) in [6.07, 6.45) is 0.0359. The molecule has 1 rings (SSSR count). The Hall–Kier alpha value is -2.09. The number of nitrogens with one attached hydrogen (secondary N) is 2. The van der Waals surface area contributed by atoms with Crippen LogP contribution >= 0.6 is 15.9 Å². The van der Waals surface area contributed by atoms with Crippen molar-refractivity contribution in [3.05, 3.63) is 28.2 Å². The van der Waals surface area contributed by atoms with E-state index in [2.05, 4.69) is 31.3 Å². The minimum absolute atomic E-state index is 0.0312. The molecule has 108 valence electrons. The van der Waals surface area contributed by atoms with Crippen LogP contribution in [0.5, 0.6) is 0 Å². The number of aromatic carboxylic acids is 1. The van der Waals surface area contributed by atoms with Gasteiger partial charge >= 0.3 is 18.0 Å². The minimum atomic E-state index is -1.15. The van der Waals surface area contributed by atoms with Crippen LogP contribution in [0.3, 0.4) is 0 Å². The normalized spacial score (nSPS) is 9.70. The van der Waals surface area contributed by atoms with Gasteiger partial charge in [0.05, 0.1) is 24.8 Å². The summed E-state index contributed by atoms with van der Waals surface area (Å²) in [6, 6.07) is 3.80. The number of amides is 2. The molecule has 0 unspecified atom stereocenters. The SMILES string of the molecule is COC(=O)CCNC(=O)Nc1cc(Br)ccc1C(=O)O. The highest BCUT2D eigenvalue weighted by Crippen LogP contribution is 2.21. The highest BCUT2D eigenvalue weighted by molar-refractivity contribution is 9.10. The van der Waals surface area contributed by atoms with Crippen molar-refractivity contribution >= 4 is 39.6 Å². The summed E-state index contributed by atoms with van der Waals surface area (Å²) in [7, 11) is 1.25. The quantitative estimate of drug-likeness (QED) is 0.706. The Labute approximate surface area is 123 Å². The topological polar surface area (TPSA) is 105 Å². The lowest BCUT2D eigenvalue weighted by Crippen LogP contribution is -2.31. The fourth-order valence-electron chi connectivity index (χ4n) is 1.35. The Balaban J connectivity index is 2.63. The maximum absolute atomic E-state index is 11.6. The van der Waals surface area contributed by atoms with Crippen molar-refractivity contribution in [3.63, 3.8) is 0 Å². The van der Waals surface area contributed by atoms with E-state index in [0.29, 0.717) is 4.47 Å². The van der Waals surface area contributed by atoms with Gasteiger partial charge in [-0.3, -0.25) is 4.79 Å². The number of carboxylic acids is 1. The lowest BCUT2D eigenvalue weighted by molar-refractivity contribution is -0.140. The Morgan fingerprint density at radius 3 is 2.65 bits per heavy atom. The molecule has 0 aromatic heterocycles. The molecule has 0 saturated heterocycles. The molecule has 0 fully saturated rings. The molecule has 20 heavy (non-hydrogen) atoms. The number of rotatable bonds is 5. The molecule has 8 heteroatoms. The fraction of sp³-hybridized carbons (Fsp3) is 0.250.